The third-order valence-electron chi connectivity index (χ3n) is 3.82. The molecular weight excluding hydrogens is 394 g/mol. The molecule has 0 radical (unpaired) electrons. The van der Waals surface area contributed by atoms with Gasteiger partial charge in [-0.25, -0.2) is 4.79 Å². The van der Waals surface area contributed by atoms with E-state index >= 15 is 0 Å². The molecule has 0 aliphatic rings. The van der Waals surface area contributed by atoms with Crippen LogP contribution in [0.2, 0.25) is 0 Å². The summed E-state index contributed by atoms with van der Waals surface area (Å²) < 4.78 is 9.76. The van der Waals surface area contributed by atoms with Gasteiger partial charge in [-0.15, -0.1) is 0 Å². The minimum Gasteiger partial charge on any atom is -0.500 e. The molecular formula is C20H17N3O7. The zero-order valence-corrected chi connectivity index (χ0v) is 16.0. The number of nitrogens with zero attached hydrogens (tertiary/aromatic N) is 2. The molecule has 0 aliphatic carbocycles. The summed E-state index contributed by atoms with van der Waals surface area (Å²) in [4.78, 5) is 34.3. The SMILES string of the molecule is CCOC(=O)c1ccc(NC(=O)/C(C#N)=C/c2cc(OC)c(O)c([N+](=O)[O-])c2)cc1. The molecule has 10 heteroatoms. The van der Waals surface area contributed by atoms with Crippen LogP contribution in [0.4, 0.5) is 11.4 Å². The number of amides is 1. The third kappa shape index (κ3) is 5.11. The van der Waals surface area contributed by atoms with Crippen LogP contribution in [0.25, 0.3) is 6.08 Å². The molecule has 0 bridgehead atoms. The molecule has 30 heavy (non-hydrogen) atoms. The van der Waals surface area contributed by atoms with E-state index in [2.05, 4.69) is 5.32 Å². The van der Waals surface area contributed by atoms with E-state index in [4.69, 9.17) is 9.47 Å². The highest BCUT2D eigenvalue weighted by atomic mass is 16.6. The molecule has 154 valence electrons. The Labute approximate surface area is 171 Å². The Morgan fingerprint density at radius 3 is 2.50 bits per heavy atom. The highest BCUT2D eigenvalue weighted by Gasteiger charge is 2.20. The standard InChI is InChI=1S/C20H17N3O7/c1-3-30-20(26)13-4-6-15(7-5-13)22-19(25)14(11-21)8-12-9-16(23(27)28)18(24)17(10-12)29-2/h4-10,24H,3H2,1-2H3,(H,22,25)/b14-8+. The molecule has 2 aromatic carbocycles. The summed E-state index contributed by atoms with van der Waals surface area (Å²) in [6.45, 7) is 1.91. The smallest absolute Gasteiger partial charge is 0.338 e. The number of ether oxygens (including phenoxy) is 2. The summed E-state index contributed by atoms with van der Waals surface area (Å²) in [6, 6.07) is 9.82. The number of esters is 1. The summed E-state index contributed by atoms with van der Waals surface area (Å²) in [5.41, 5.74) is -0.238. The number of hydrogen-bond acceptors (Lipinski definition) is 8. The molecule has 0 saturated carbocycles. The van der Waals surface area contributed by atoms with Crippen molar-refractivity contribution in [3.8, 4) is 17.6 Å². The van der Waals surface area contributed by atoms with Crippen LogP contribution in [0.5, 0.6) is 11.5 Å². The predicted octanol–water partition coefficient (Wildman–Crippen LogP) is 3.03. The van der Waals surface area contributed by atoms with Crippen molar-refractivity contribution >= 4 is 29.3 Å². The molecule has 0 fully saturated rings. The van der Waals surface area contributed by atoms with Gasteiger partial charge in [-0.3, -0.25) is 14.9 Å². The third-order valence-corrected chi connectivity index (χ3v) is 3.82. The Morgan fingerprint density at radius 2 is 1.97 bits per heavy atom. The summed E-state index contributed by atoms with van der Waals surface area (Å²) in [5.74, 6) is -2.11. The zero-order valence-electron chi connectivity index (χ0n) is 16.0. The van der Waals surface area contributed by atoms with E-state index in [0.29, 0.717) is 11.3 Å². The predicted molar refractivity (Wildman–Crippen MR) is 106 cm³/mol. The lowest BCUT2D eigenvalue weighted by molar-refractivity contribution is -0.386. The minimum absolute atomic E-state index is 0.112. The number of carbonyl (C=O) groups is 2. The van der Waals surface area contributed by atoms with Gasteiger partial charge in [-0.1, -0.05) is 0 Å². The lowest BCUT2D eigenvalue weighted by atomic mass is 10.1. The number of rotatable bonds is 7. The van der Waals surface area contributed by atoms with Gasteiger partial charge in [0.15, 0.2) is 5.75 Å². The topological polar surface area (TPSA) is 152 Å². The van der Waals surface area contributed by atoms with Crippen LogP contribution in [-0.2, 0) is 9.53 Å². The largest absolute Gasteiger partial charge is 0.500 e. The summed E-state index contributed by atoms with van der Waals surface area (Å²) in [6.07, 6.45) is 1.12. The lowest BCUT2D eigenvalue weighted by Gasteiger charge is -2.07. The molecule has 0 unspecified atom stereocenters. The van der Waals surface area contributed by atoms with Crippen molar-refractivity contribution in [3.05, 3.63) is 63.2 Å². The minimum atomic E-state index is -0.813. The second-order valence-electron chi connectivity index (χ2n) is 5.77. The first-order valence-electron chi connectivity index (χ1n) is 8.56. The number of anilines is 1. The molecule has 10 nitrogen and oxygen atoms in total. The summed E-state index contributed by atoms with van der Waals surface area (Å²) in [7, 11) is 1.21. The number of methoxy groups -OCH3 is 1. The Hall–Kier alpha value is -4.39. The molecule has 0 aromatic heterocycles. The van der Waals surface area contributed by atoms with Gasteiger partial charge in [0.25, 0.3) is 5.91 Å². The van der Waals surface area contributed by atoms with Crippen molar-refractivity contribution in [2.45, 2.75) is 6.92 Å². The van der Waals surface area contributed by atoms with Crippen molar-refractivity contribution in [1.82, 2.24) is 0 Å². The molecule has 0 spiro atoms. The van der Waals surface area contributed by atoms with Crippen molar-refractivity contribution in [2.24, 2.45) is 0 Å². The van der Waals surface area contributed by atoms with Crippen LogP contribution in [0.1, 0.15) is 22.8 Å². The van der Waals surface area contributed by atoms with Gasteiger partial charge in [0.2, 0.25) is 5.75 Å². The van der Waals surface area contributed by atoms with Gasteiger partial charge in [-0.2, -0.15) is 5.26 Å². The maximum atomic E-state index is 12.4. The number of nitro benzene ring substituents is 1. The molecule has 0 saturated heterocycles. The number of nitro groups is 1. The highest BCUT2D eigenvalue weighted by molar-refractivity contribution is 6.09. The van der Waals surface area contributed by atoms with Crippen molar-refractivity contribution < 1.29 is 29.1 Å². The fourth-order valence-electron chi connectivity index (χ4n) is 2.41. The van der Waals surface area contributed by atoms with Crippen molar-refractivity contribution in [1.29, 1.82) is 5.26 Å². The normalized spacial score (nSPS) is 10.6. The van der Waals surface area contributed by atoms with E-state index in [1.807, 2.05) is 0 Å². The van der Waals surface area contributed by atoms with Gasteiger partial charge < -0.3 is 19.9 Å². The first kappa shape index (κ1) is 21.9. The van der Waals surface area contributed by atoms with Gasteiger partial charge in [0.1, 0.15) is 11.6 Å². The molecule has 1 amide bonds. The molecule has 0 heterocycles. The number of phenols is 1. The van der Waals surface area contributed by atoms with Gasteiger partial charge in [-0.05, 0) is 48.9 Å². The number of nitrogens with one attached hydrogen (secondary N) is 1. The first-order valence-corrected chi connectivity index (χ1v) is 8.56. The average Bonchev–Trinajstić information content (AvgIpc) is 2.73. The average molecular weight is 411 g/mol. The van der Waals surface area contributed by atoms with E-state index in [1.54, 1.807) is 13.0 Å². The number of phenolic OH excluding ortho intramolecular Hbond substituents is 1. The van der Waals surface area contributed by atoms with Crippen LogP contribution < -0.4 is 10.1 Å². The first-order chi connectivity index (χ1) is 14.3. The van der Waals surface area contributed by atoms with E-state index < -0.39 is 28.2 Å². The van der Waals surface area contributed by atoms with E-state index in [-0.39, 0.29) is 23.5 Å². The van der Waals surface area contributed by atoms with E-state index in [0.717, 1.165) is 12.1 Å². The second-order valence-corrected chi connectivity index (χ2v) is 5.77. The maximum absolute atomic E-state index is 12.4. The molecule has 2 aromatic rings. The van der Waals surface area contributed by atoms with E-state index in [9.17, 15) is 30.1 Å². The quantitative estimate of drug-likeness (QED) is 0.232. The number of benzene rings is 2. The Morgan fingerprint density at radius 1 is 1.30 bits per heavy atom. The fourth-order valence-corrected chi connectivity index (χ4v) is 2.41. The van der Waals surface area contributed by atoms with Crippen LogP contribution in [0.15, 0.2) is 42.0 Å². The highest BCUT2D eigenvalue weighted by Crippen LogP contribution is 2.37. The monoisotopic (exact) mass is 411 g/mol. The van der Waals surface area contributed by atoms with Crippen molar-refractivity contribution in [2.75, 3.05) is 19.0 Å². The van der Waals surface area contributed by atoms with Crippen LogP contribution >= 0.6 is 0 Å². The number of hydrogen-bond donors (Lipinski definition) is 2. The summed E-state index contributed by atoms with van der Waals surface area (Å²) >= 11 is 0. The van der Waals surface area contributed by atoms with Gasteiger partial charge >= 0.3 is 11.7 Å². The summed E-state index contributed by atoms with van der Waals surface area (Å²) in [5, 5.41) is 32.7. The van der Waals surface area contributed by atoms with Crippen LogP contribution in [-0.4, -0.2) is 35.6 Å². The van der Waals surface area contributed by atoms with Crippen LogP contribution in [0.3, 0.4) is 0 Å². The van der Waals surface area contributed by atoms with Crippen LogP contribution in [0, 0.1) is 21.4 Å². The van der Waals surface area contributed by atoms with E-state index in [1.165, 1.54) is 37.4 Å². The molecule has 0 atom stereocenters. The number of aromatic hydroxyl groups is 1. The lowest BCUT2D eigenvalue weighted by Crippen LogP contribution is -2.13. The second kappa shape index (κ2) is 9.70. The zero-order chi connectivity index (χ0) is 22.3. The molecule has 2 rings (SSSR count). The molecule has 2 N–H and O–H groups in total. The Balaban J connectivity index is 2.27. The van der Waals surface area contributed by atoms with Gasteiger partial charge in [0, 0.05) is 11.8 Å². The maximum Gasteiger partial charge on any atom is 0.338 e. The Kier molecular flexibility index (Phi) is 7.08. The fraction of sp³-hybridized carbons (Fsp3) is 0.150. The van der Waals surface area contributed by atoms with Crippen molar-refractivity contribution in [3.63, 3.8) is 0 Å². The number of nitriles is 1. The number of carbonyl (C=O) groups excluding carboxylic acids is 2. The van der Waals surface area contributed by atoms with Gasteiger partial charge in [0.05, 0.1) is 24.2 Å². The Bertz CT molecular complexity index is 1050. The molecule has 0 aliphatic heterocycles.